The van der Waals surface area contributed by atoms with Crippen molar-refractivity contribution >= 4 is 5.69 Å². The second-order valence-corrected chi connectivity index (χ2v) is 5.07. The number of nitrogens with one attached hydrogen (secondary N) is 1. The molecule has 0 radical (unpaired) electrons. The van der Waals surface area contributed by atoms with Crippen LogP contribution in [0.25, 0.3) is 0 Å². The molecule has 1 atom stereocenters. The standard InChI is InChI=1S/C14H21N3O2/c1-2-13(11-18-7-1)19-14-8-12(9-16-10-14)17-5-3-15-4-6-17/h8-10,13,15H,1-7,11H2. The molecule has 3 heterocycles. The van der Waals surface area contributed by atoms with E-state index in [4.69, 9.17) is 9.47 Å². The lowest BCUT2D eigenvalue weighted by Crippen LogP contribution is -2.43. The van der Waals surface area contributed by atoms with Gasteiger partial charge in [0, 0.05) is 38.9 Å². The number of hydrogen-bond donors (Lipinski definition) is 1. The topological polar surface area (TPSA) is 46.6 Å². The number of nitrogens with zero attached hydrogens (tertiary/aromatic N) is 2. The van der Waals surface area contributed by atoms with Crippen LogP contribution in [0.4, 0.5) is 5.69 Å². The van der Waals surface area contributed by atoms with Gasteiger partial charge in [0.1, 0.15) is 11.9 Å². The highest BCUT2D eigenvalue weighted by atomic mass is 16.5. The summed E-state index contributed by atoms with van der Waals surface area (Å²) in [4.78, 5) is 6.64. The minimum Gasteiger partial charge on any atom is -0.486 e. The minimum absolute atomic E-state index is 0.175. The normalized spacial score (nSPS) is 24.2. The third kappa shape index (κ3) is 3.36. The van der Waals surface area contributed by atoms with Gasteiger partial charge in [-0.1, -0.05) is 0 Å². The molecule has 1 N–H and O–H groups in total. The fraction of sp³-hybridized carbons (Fsp3) is 0.643. The van der Waals surface area contributed by atoms with Crippen molar-refractivity contribution in [2.75, 3.05) is 44.3 Å². The fourth-order valence-electron chi connectivity index (χ4n) is 2.56. The molecule has 19 heavy (non-hydrogen) atoms. The van der Waals surface area contributed by atoms with E-state index in [2.05, 4.69) is 21.3 Å². The Balaban J connectivity index is 1.64. The molecule has 104 valence electrons. The zero-order valence-electron chi connectivity index (χ0n) is 11.2. The highest BCUT2D eigenvalue weighted by molar-refractivity contribution is 5.48. The lowest BCUT2D eigenvalue weighted by Gasteiger charge is -2.29. The molecule has 2 saturated heterocycles. The molecule has 0 bridgehead atoms. The predicted molar refractivity (Wildman–Crippen MR) is 73.8 cm³/mol. The van der Waals surface area contributed by atoms with Gasteiger partial charge in [-0.2, -0.15) is 0 Å². The van der Waals surface area contributed by atoms with Crippen molar-refractivity contribution in [1.29, 1.82) is 0 Å². The molecule has 0 amide bonds. The van der Waals surface area contributed by atoms with Gasteiger partial charge in [-0.25, -0.2) is 0 Å². The van der Waals surface area contributed by atoms with Crippen LogP contribution >= 0.6 is 0 Å². The van der Waals surface area contributed by atoms with Gasteiger partial charge in [0.2, 0.25) is 0 Å². The van der Waals surface area contributed by atoms with Crippen molar-refractivity contribution in [2.24, 2.45) is 0 Å². The van der Waals surface area contributed by atoms with Crippen LogP contribution in [0.3, 0.4) is 0 Å². The van der Waals surface area contributed by atoms with Gasteiger partial charge in [0.25, 0.3) is 0 Å². The summed E-state index contributed by atoms with van der Waals surface area (Å²) in [7, 11) is 0. The Kier molecular flexibility index (Phi) is 4.15. The van der Waals surface area contributed by atoms with Crippen molar-refractivity contribution in [3.8, 4) is 5.75 Å². The summed E-state index contributed by atoms with van der Waals surface area (Å²) < 4.78 is 11.4. The van der Waals surface area contributed by atoms with E-state index >= 15 is 0 Å². The summed E-state index contributed by atoms with van der Waals surface area (Å²) >= 11 is 0. The highest BCUT2D eigenvalue weighted by Gasteiger charge is 2.16. The van der Waals surface area contributed by atoms with Gasteiger partial charge < -0.3 is 19.7 Å². The SMILES string of the molecule is c1ncc(N2CCNCC2)cc1OC1CCCOC1. The average molecular weight is 263 g/mol. The number of pyridine rings is 1. The lowest BCUT2D eigenvalue weighted by atomic mass is 10.2. The quantitative estimate of drug-likeness (QED) is 0.883. The summed E-state index contributed by atoms with van der Waals surface area (Å²) in [6.07, 6.45) is 6.03. The number of hydrogen-bond acceptors (Lipinski definition) is 5. The zero-order chi connectivity index (χ0) is 12.9. The molecular formula is C14H21N3O2. The molecule has 1 unspecified atom stereocenters. The van der Waals surface area contributed by atoms with Crippen molar-refractivity contribution in [1.82, 2.24) is 10.3 Å². The van der Waals surface area contributed by atoms with E-state index in [1.165, 1.54) is 0 Å². The summed E-state index contributed by atoms with van der Waals surface area (Å²) in [6.45, 7) is 5.66. The monoisotopic (exact) mass is 263 g/mol. The molecule has 1 aromatic heterocycles. The van der Waals surface area contributed by atoms with Crippen LogP contribution in [-0.4, -0.2) is 50.5 Å². The predicted octanol–water partition coefficient (Wildman–Crippen LogP) is 1.05. The van der Waals surface area contributed by atoms with Gasteiger partial charge in [-0.3, -0.25) is 4.98 Å². The number of ether oxygens (including phenoxy) is 2. The maximum absolute atomic E-state index is 5.96. The Morgan fingerprint density at radius 3 is 3.00 bits per heavy atom. The van der Waals surface area contributed by atoms with Crippen LogP contribution in [0.1, 0.15) is 12.8 Å². The molecule has 0 aliphatic carbocycles. The van der Waals surface area contributed by atoms with Crippen molar-refractivity contribution in [2.45, 2.75) is 18.9 Å². The van der Waals surface area contributed by atoms with Crippen molar-refractivity contribution in [3.63, 3.8) is 0 Å². The minimum atomic E-state index is 0.175. The molecule has 2 aliphatic heterocycles. The summed E-state index contributed by atoms with van der Waals surface area (Å²) in [5.41, 5.74) is 1.15. The fourth-order valence-corrected chi connectivity index (χ4v) is 2.56. The van der Waals surface area contributed by atoms with E-state index in [1.54, 1.807) is 6.20 Å². The first-order chi connectivity index (χ1) is 9.42. The second kappa shape index (κ2) is 6.21. The van der Waals surface area contributed by atoms with Gasteiger partial charge in [-0.05, 0) is 12.8 Å². The molecule has 0 aromatic carbocycles. The van der Waals surface area contributed by atoms with E-state index in [1.807, 2.05) is 6.20 Å². The smallest absolute Gasteiger partial charge is 0.140 e. The molecule has 0 saturated carbocycles. The van der Waals surface area contributed by atoms with E-state index in [-0.39, 0.29) is 6.10 Å². The molecule has 5 heteroatoms. The van der Waals surface area contributed by atoms with Crippen LogP contribution in [0.5, 0.6) is 5.75 Å². The highest BCUT2D eigenvalue weighted by Crippen LogP contribution is 2.22. The zero-order valence-corrected chi connectivity index (χ0v) is 11.2. The third-order valence-corrected chi connectivity index (χ3v) is 3.60. The molecule has 2 fully saturated rings. The Bertz CT molecular complexity index is 401. The van der Waals surface area contributed by atoms with Crippen LogP contribution in [0.2, 0.25) is 0 Å². The van der Waals surface area contributed by atoms with E-state index < -0.39 is 0 Å². The number of rotatable bonds is 3. The Morgan fingerprint density at radius 2 is 2.21 bits per heavy atom. The summed E-state index contributed by atoms with van der Waals surface area (Å²) in [5.74, 6) is 0.853. The second-order valence-electron chi connectivity index (χ2n) is 5.07. The third-order valence-electron chi connectivity index (χ3n) is 3.60. The summed E-state index contributed by atoms with van der Waals surface area (Å²) in [5, 5.41) is 3.35. The molecular weight excluding hydrogens is 242 g/mol. The molecule has 0 spiro atoms. The first-order valence-corrected chi connectivity index (χ1v) is 7.07. The van der Waals surface area contributed by atoms with Crippen molar-refractivity contribution in [3.05, 3.63) is 18.5 Å². The molecule has 5 nitrogen and oxygen atoms in total. The first-order valence-electron chi connectivity index (χ1n) is 7.07. The van der Waals surface area contributed by atoms with Crippen LogP contribution in [0.15, 0.2) is 18.5 Å². The Hall–Kier alpha value is -1.33. The number of aromatic nitrogens is 1. The van der Waals surface area contributed by atoms with E-state index in [9.17, 15) is 0 Å². The molecule has 1 aromatic rings. The van der Waals surface area contributed by atoms with Crippen LogP contribution < -0.4 is 15.0 Å². The van der Waals surface area contributed by atoms with Gasteiger partial charge in [0.05, 0.1) is 24.7 Å². The molecule has 3 rings (SSSR count). The number of piperazine rings is 1. The van der Waals surface area contributed by atoms with E-state index in [0.29, 0.717) is 6.61 Å². The number of anilines is 1. The van der Waals surface area contributed by atoms with Gasteiger partial charge in [0.15, 0.2) is 0 Å². The van der Waals surface area contributed by atoms with Gasteiger partial charge in [-0.15, -0.1) is 0 Å². The van der Waals surface area contributed by atoms with E-state index in [0.717, 1.165) is 57.1 Å². The summed E-state index contributed by atoms with van der Waals surface area (Å²) in [6, 6.07) is 2.09. The Morgan fingerprint density at radius 1 is 1.32 bits per heavy atom. The van der Waals surface area contributed by atoms with Gasteiger partial charge >= 0.3 is 0 Å². The first kappa shape index (κ1) is 12.7. The van der Waals surface area contributed by atoms with Crippen LogP contribution in [0, 0.1) is 0 Å². The lowest BCUT2D eigenvalue weighted by molar-refractivity contribution is 0.00730. The van der Waals surface area contributed by atoms with Crippen LogP contribution in [-0.2, 0) is 4.74 Å². The molecule has 2 aliphatic rings. The average Bonchev–Trinajstić information content (AvgIpc) is 2.49. The maximum atomic E-state index is 5.96. The van der Waals surface area contributed by atoms with Crippen molar-refractivity contribution < 1.29 is 9.47 Å². The maximum Gasteiger partial charge on any atom is 0.140 e. The largest absolute Gasteiger partial charge is 0.486 e. The Labute approximate surface area is 113 Å².